The Morgan fingerprint density at radius 1 is 0.288 bits per heavy atom. The lowest BCUT2D eigenvalue weighted by Crippen LogP contribution is -2.20. The second kappa shape index (κ2) is 17.2. The highest BCUT2D eigenvalue weighted by Crippen LogP contribution is 2.45. The van der Waals surface area contributed by atoms with Crippen molar-refractivity contribution >= 4 is 54.5 Å². The summed E-state index contributed by atoms with van der Waals surface area (Å²) in [6.45, 7) is 0. The highest BCUT2D eigenvalue weighted by Gasteiger charge is 2.27. The van der Waals surface area contributed by atoms with Gasteiger partial charge in [-0.1, -0.05) is 188 Å². The van der Waals surface area contributed by atoms with Crippen LogP contribution in [0.3, 0.4) is 0 Å². The summed E-state index contributed by atoms with van der Waals surface area (Å²) in [5, 5.41) is 5.26. The van der Waals surface area contributed by atoms with E-state index in [9.17, 15) is 0 Å². The van der Waals surface area contributed by atoms with Crippen LogP contribution in [0.4, 0.5) is 0 Å². The zero-order valence-electron chi connectivity index (χ0n) is 39.3. The summed E-state index contributed by atoms with van der Waals surface area (Å²) in [7, 11) is 0. The van der Waals surface area contributed by atoms with E-state index in [0.717, 1.165) is 99.4 Å². The van der Waals surface area contributed by atoms with Gasteiger partial charge in [-0.15, -0.1) is 0 Å². The van der Waals surface area contributed by atoms with E-state index in [2.05, 4.69) is 167 Å². The van der Waals surface area contributed by atoms with E-state index in [4.69, 9.17) is 15.0 Å². The first kappa shape index (κ1) is 41.9. The molecule has 73 heavy (non-hydrogen) atoms. The zero-order chi connectivity index (χ0) is 48.4. The van der Waals surface area contributed by atoms with Crippen molar-refractivity contribution < 1.29 is 0 Å². The van der Waals surface area contributed by atoms with Gasteiger partial charge in [0.1, 0.15) is 0 Å². The maximum absolute atomic E-state index is 15.2. The smallest absolute Gasteiger partial charge is 0.256 e. The molecular weight excluding hydrogens is 893 g/mol. The first-order valence-corrected chi connectivity index (χ1v) is 24.5. The predicted molar refractivity (Wildman–Crippen MR) is 299 cm³/mol. The average Bonchev–Trinajstić information content (AvgIpc) is 4.01. The van der Waals surface area contributed by atoms with Gasteiger partial charge in [-0.2, -0.15) is 0 Å². The standard InChI is InChI=1S/C66H42N6O/c73-61-42-54(66-68-64(45-24-10-3-11-25-45)67-65(69-66)46-26-12-4-13-27-46)62-59(70(61)49-28-14-5-15-29-49)38-39-60(71-55-32-18-16-30-50(55)52-40-47(34-36-57(52)71)43-20-6-1-7-21-43)63(62)72-56-33-19-17-31-51(56)53-41-48(35-37-58(53)72)44-22-8-2-9-23-44/h1-42H. The third-order valence-corrected chi connectivity index (χ3v) is 14.1. The zero-order valence-corrected chi connectivity index (χ0v) is 39.3. The molecule has 0 fully saturated rings. The van der Waals surface area contributed by atoms with Crippen molar-refractivity contribution in [3.63, 3.8) is 0 Å². The van der Waals surface area contributed by atoms with Gasteiger partial charge in [-0.3, -0.25) is 9.36 Å². The van der Waals surface area contributed by atoms with E-state index in [-0.39, 0.29) is 5.56 Å². The van der Waals surface area contributed by atoms with Gasteiger partial charge in [0.25, 0.3) is 5.56 Å². The molecule has 0 saturated heterocycles. The number of rotatable bonds is 8. The number of para-hydroxylation sites is 3. The van der Waals surface area contributed by atoms with Crippen LogP contribution in [0, 0.1) is 0 Å². The van der Waals surface area contributed by atoms with E-state index < -0.39 is 0 Å². The van der Waals surface area contributed by atoms with Crippen molar-refractivity contribution in [1.29, 1.82) is 0 Å². The van der Waals surface area contributed by atoms with Gasteiger partial charge < -0.3 is 9.13 Å². The quantitative estimate of drug-likeness (QED) is 0.152. The molecule has 342 valence electrons. The monoisotopic (exact) mass is 934 g/mol. The van der Waals surface area contributed by atoms with Gasteiger partial charge in [0.2, 0.25) is 0 Å². The fraction of sp³-hybridized carbons (Fsp3) is 0. The van der Waals surface area contributed by atoms with Crippen molar-refractivity contribution in [2.75, 3.05) is 0 Å². The van der Waals surface area contributed by atoms with Crippen LogP contribution in [0.25, 0.3) is 128 Å². The molecule has 0 radical (unpaired) electrons. The summed E-state index contributed by atoms with van der Waals surface area (Å²) in [6.07, 6.45) is 0. The predicted octanol–water partition coefficient (Wildman–Crippen LogP) is 15.7. The topological polar surface area (TPSA) is 70.5 Å². The maximum Gasteiger partial charge on any atom is 0.256 e. The van der Waals surface area contributed by atoms with Crippen LogP contribution < -0.4 is 5.56 Å². The molecule has 0 aliphatic rings. The first-order valence-electron chi connectivity index (χ1n) is 24.5. The Hall–Kier alpha value is -9.98. The molecule has 4 heterocycles. The molecule has 7 heteroatoms. The Labute approximate surface area is 419 Å². The number of hydrogen-bond donors (Lipinski definition) is 0. The Morgan fingerprint density at radius 2 is 0.699 bits per heavy atom. The molecule has 14 rings (SSSR count). The molecule has 0 bridgehead atoms. The normalized spacial score (nSPS) is 11.6. The molecule has 10 aromatic carbocycles. The lowest BCUT2D eigenvalue weighted by molar-refractivity contribution is 1.03. The maximum atomic E-state index is 15.2. The Morgan fingerprint density at radius 3 is 1.23 bits per heavy atom. The molecule has 0 spiro atoms. The number of nitrogens with zero attached hydrogens (tertiary/aromatic N) is 6. The fourth-order valence-electron chi connectivity index (χ4n) is 10.8. The van der Waals surface area contributed by atoms with Crippen LogP contribution in [0.1, 0.15) is 0 Å². The molecule has 0 amide bonds. The molecule has 0 aliphatic carbocycles. The van der Waals surface area contributed by atoms with Gasteiger partial charge >= 0.3 is 0 Å². The van der Waals surface area contributed by atoms with Crippen LogP contribution in [-0.2, 0) is 0 Å². The van der Waals surface area contributed by atoms with E-state index in [0.29, 0.717) is 28.6 Å². The molecule has 4 aromatic heterocycles. The Bertz CT molecular complexity index is 4430. The summed E-state index contributed by atoms with van der Waals surface area (Å²) in [5.41, 5.74) is 13.9. The van der Waals surface area contributed by atoms with Gasteiger partial charge in [0.05, 0.1) is 39.0 Å². The third-order valence-electron chi connectivity index (χ3n) is 14.1. The van der Waals surface area contributed by atoms with Crippen LogP contribution in [-0.4, -0.2) is 28.7 Å². The van der Waals surface area contributed by atoms with Crippen molar-refractivity contribution in [3.05, 3.63) is 265 Å². The molecule has 0 saturated carbocycles. The van der Waals surface area contributed by atoms with E-state index in [1.165, 1.54) is 0 Å². The third kappa shape index (κ3) is 6.97. The summed E-state index contributed by atoms with van der Waals surface area (Å²) < 4.78 is 6.62. The molecule has 0 aliphatic heterocycles. The van der Waals surface area contributed by atoms with Crippen LogP contribution in [0.15, 0.2) is 260 Å². The largest absolute Gasteiger partial charge is 0.307 e. The minimum absolute atomic E-state index is 0.213. The summed E-state index contributed by atoms with van der Waals surface area (Å²) in [5.74, 6) is 1.39. The number of fused-ring (bicyclic) bond motifs is 7. The lowest BCUT2D eigenvalue weighted by atomic mass is 10.0. The van der Waals surface area contributed by atoms with E-state index in [1.54, 1.807) is 6.07 Å². The van der Waals surface area contributed by atoms with Crippen molar-refractivity contribution in [1.82, 2.24) is 28.7 Å². The summed E-state index contributed by atoms with van der Waals surface area (Å²) in [4.78, 5) is 31.0. The van der Waals surface area contributed by atoms with Gasteiger partial charge in [0.15, 0.2) is 17.5 Å². The van der Waals surface area contributed by atoms with Gasteiger partial charge in [-0.25, -0.2) is 15.0 Å². The van der Waals surface area contributed by atoms with Crippen LogP contribution >= 0.6 is 0 Å². The lowest BCUT2D eigenvalue weighted by Gasteiger charge is -2.23. The number of pyridine rings is 1. The summed E-state index contributed by atoms with van der Waals surface area (Å²) in [6, 6.07) is 87.8. The molecule has 14 aromatic rings. The summed E-state index contributed by atoms with van der Waals surface area (Å²) >= 11 is 0. The number of benzene rings is 10. The number of aromatic nitrogens is 6. The highest BCUT2D eigenvalue weighted by molar-refractivity contribution is 6.15. The Balaban J connectivity index is 1.18. The molecular formula is C66H42N6O. The van der Waals surface area contributed by atoms with Gasteiger partial charge in [0, 0.05) is 55.4 Å². The molecule has 7 nitrogen and oxygen atoms in total. The molecule has 0 unspecified atom stereocenters. The van der Waals surface area contributed by atoms with Crippen molar-refractivity contribution in [3.8, 4) is 73.5 Å². The van der Waals surface area contributed by atoms with Gasteiger partial charge in [-0.05, 0) is 82.9 Å². The van der Waals surface area contributed by atoms with E-state index in [1.807, 2.05) is 95.6 Å². The second-order valence-electron chi connectivity index (χ2n) is 18.3. The Kier molecular flexibility index (Phi) is 9.86. The molecule has 0 atom stereocenters. The van der Waals surface area contributed by atoms with Crippen LogP contribution in [0.5, 0.6) is 0 Å². The highest BCUT2D eigenvalue weighted by atomic mass is 16.1. The first-order chi connectivity index (χ1) is 36.1. The average molecular weight is 935 g/mol. The van der Waals surface area contributed by atoms with E-state index >= 15 is 4.79 Å². The van der Waals surface area contributed by atoms with Crippen molar-refractivity contribution in [2.24, 2.45) is 0 Å². The minimum atomic E-state index is -0.213. The van der Waals surface area contributed by atoms with Crippen molar-refractivity contribution in [2.45, 2.75) is 0 Å². The molecule has 0 N–H and O–H groups in total. The number of hydrogen-bond acceptors (Lipinski definition) is 4. The van der Waals surface area contributed by atoms with Crippen LogP contribution in [0.2, 0.25) is 0 Å². The minimum Gasteiger partial charge on any atom is -0.307 e. The SMILES string of the molecule is O=c1cc(-c2nc(-c3ccccc3)nc(-c3ccccc3)n2)c2c(-n3c4ccccc4c4cc(-c5ccccc5)ccc43)c(-n3c4ccccc4c4cc(-c5ccccc5)ccc43)ccc2n1-c1ccccc1. The second-order valence-corrected chi connectivity index (χ2v) is 18.3. The fourth-order valence-corrected chi connectivity index (χ4v) is 10.8.